The van der Waals surface area contributed by atoms with E-state index in [-0.39, 0.29) is 6.04 Å². The molecule has 3 atom stereocenters. The maximum Gasteiger partial charge on any atom is 0.119 e. The fourth-order valence-electron chi connectivity index (χ4n) is 2.69. The number of hydrogen-bond donors (Lipinski definition) is 1. The second-order valence-electron chi connectivity index (χ2n) is 6.00. The fraction of sp³-hybridized carbons (Fsp3) is 0.444. The van der Waals surface area contributed by atoms with E-state index in [9.17, 15) is 0 Å². The maximum absolute atomic E-state index is 5.92. The van der Waals surface area contributed by atoms with Gasteiger partial charge in [-0.1, -0.05) is 19.1 Å². The quantitative estimate of drug-likeness (QED) is 0.861. The molecular formula is C18H23NO2. The van der Waals surface area contributed by atoms with Crippen LogP contribution in [-0.2, 0) is 6.54 Å². The van der Waals surface area contributed by atoms with Gasteiger partial charge in [-0.25, -0.2) is 0 Å². The molecule has 2 aromatic rings. The minimum atomic E-state index is 0.258. The van der Waals surface area contributed by atoms with Crippen LogP contribution in [0.5, 0.6) is 5.75 Å². The lowest BCUT2D eigenvalue weighted by Crippen LogP contribution is -2.17. The molecule has 3 rings (SSSR count). The molecule has 1 N–H and O–H groups in total. The van der Waals surface area contributed by atoms with Gasteiger partial charge in [-0.05, 0) is 49.1 Å². The topological polar surface area (TPSA) is 34.4 Å². The molecule has 0 bridgehead atoms. The molecule has 0 spiro atoms. The minimum Gasteiger partial charge on any atom is -0.497 e. The molecule has 1 aromatic heterocycles. The van der Waals surface area contributed by atoms with Crippen LogP contribution in [0.2, 0.25) is 0 Å². The Labute approximate surface area is 126 Å². The van der Waals surface area contributed by atoms with Crippen LogP contribution in [0.25, 0.3) is 0 Å². The summed E-state index contributed by atoms with van der Waals surface area (Å²) < 4.78 is 11.2. The molecule has 1 aliphatic carbocycles. The number of benzene rings is 1. The fourth-order valence-corrected chi connectivity index (χ4v) is 2.69. The Morgan fingerprint density at radius 1 is 1.33 bits per heavy atom. The summed E-state index contributed by atoms with van der Waals surface area (Å²) in [4.78, 5) is 0. The van der Waals surface area contributed by atoms with Crippen LogP contribution in [0.15, 0.2) is 40.8 Å². The molecule has 1 aliphatic rings. The van der Waals surface area contributed by atoms with E-state index in [1.54, 1.807) is 7.11 Å². The lowest BCUT2D eigenvalue weighted by molar-refractivity contribution is 0.411. The second kappa shape index (κ2) is 5.94. The van der Waals surface area contributed by atoms with Crippen LogP contribution in [0.1, 0.15) is 49.3 Å². The van der Waals surface area contributed by atoms with Gasteiger partial charge in [0.15, 0.2) is 0 Å². The molecule has 1 saturated carbocycles. The molecule has 0 amide bonds. The monoisotopic (exact) mass is 285 g/mol. The summed E-state index contributed by atoms with van der Waals surface area (Å²) in [7, 11) is 1.69. The zero-order valence-electron chi connectivity index (χ0n) is 12.9. The van der Waals surface area contributed by atoms with Crippen molar-refractivity contribution in [1.82, 2.24) is 5.32 Å². The standard InChI is InChI=1S/C18H23NO2/c1-12-9-17(12)18-8-7-16(21-18)11-19-13(2)14-5-4-6-15(10-14)20-3/h4-8,10,12-13,17,19H,9,11H2,1-3H3/t12?,13-,17?/m1/s1. The normalized spacial score (nSPS) is 22.0. The Kier molecular flexibility index (Phi) is 4.02. The van der Waals surface area contributed by atoms with E-state index < -0.39 is 0 Å². The Bertz CT molecular complexity index is 605. The molecule has 1 aromatic carbocycles. The van der Waals surface area contributed by atoms with Crippen LogP contribution in [0.4, 0.5) is 0 Å². The summed E-state index contributed by atoms with van der Waals surface area (Å²) in [6, 6.07) is 12.6. The van der Waals surface area contributed by atoms with E-state index in [1.165, 1.54) is 12.0 Å². The van der Waals surface area contributed by atoms with Crippen molar-refractivity contribution >= 4 is 0 Å². The number of nitrogens with one attached hydrogen (secondary N) is 1. The first-order valence-corrected chi connectivity index (χ1v) is 7.63. The molecule has 0 radical (unpaired) electrons. The van der Waals surface area contributed by atoms with Crippen molar-refractivity contribution in [1.29, 1.82) is 0 Å². The summed E-state index contributed by atoms with van der Waals surface area (Å²) >= 11 is 0. The zero-order chi connectivity index (χ0) is 14.8. The van der Waals surface area contributed by atoms with Gasteiger partial charge < -0.3 is 14.5 Å². The zero-order valence-corrected chi connectivity index (χ0v) is 12.9. The van der Waals surface area contributed by atoms with Crippen LogP contribution < -0.4 is 10.1 Å². The van der Waals surface area contributed by atoms with Gasteiger partial charge in [-0.2, -0.15) is 0 Å². The largest absolute Gasteiger partial charge is 0.497 e. The van der Waals surface area contributed by atoms with E-state index in [1.807, 2.05) is 12.1 Å². The van der Waals surface area contributed by atoms with Crippen LogP contribution in [0.3, 0.4) is 0 Å². The van der Waals surface area contributed by atoms with Gasteiger partial charge in [0.05, 0.1) is 13.7 Å². The van der Waals surface area contributed by atoms with Gasteiger partial charge in [0.2, 0.25) is 0 Å². The van der Waals surface area contributed by atoms with Crippen molar-refractivity contribution in [2.24, 2.45) is 5.92 Å². The molecule has 0 saturated heterocycles. The first-order chi connectivity index (χ1) is 10.2. The number of rotatable bonds is 6. The van der Waals surface area contributed by atoms with Crippen LogP contribution in [0, 0.1) is 5.92 Å². The van der Waals surface area contributed by atoms with E-state index in [4.69, 9.17) is 9.15 Å². The predicted molar refractivity (Wildman–Crippen MR) is 83.5 cm³/mol. The molecular weight excluding hydrogens is 262 g/mol. The van der Waals surface area contributed by atoms with E-state index in [0.717, 1.165) is 29.7 Å². The van der Waals surface area contributed by atoms with Crippen molar-refractivity contribution in [3.8, 4) is 5.75 Å². The minimum absolute atomic E-state index is 0.258. The first-order valence-electron chi connectivity index (χ1n) is 7.63. The molecule has 112 valence electrons. The number of methoxy groups -OCH3 is 1. The average Bonchev–Trinajstić information content (AvgIpc) is 3.06. The van der Waals surface area contributed by atoms with Gasteiger partial charge >= 0.3 is 0 Å². The smallest absolute Gasteiger partial charge is 0.119 e. The van der Waals surface area contributed by atoms with Crippen molar-refractivity contribution in [3.63, 3.8) is 0 Å². The summed E-state index contributed by atoms with van der Waals surface area (Å²) in [5.41, 5.74) is 1.22. The van der Waals surface area contributed by atoms with Crippen LogP contribution >= 0.6 is 0 Å². The van der Waals surface area contributed by atoms with E-state index in [0.29, 0.717) is 5.92 Å². The maximum atomic E-state index is 5.92. The average molecular weight is 285 g/mol. The van der Waals surface area contributed by atoms with Gasteiger partial charge in [0.1, 0.15) is 17.3 Å². The molecule has 3 nitrogen and oxygen atoms in total. The highest BCUT2D eigenvalue weighted by molar-refractivity contribution is 5.30. The second-order valence-corrected chi connectivity index (χ2v) is 6.00. The lowest BCUT2D eigenvalue weighted by Gasteiger charge is -2.14. The Morgan fingerprint density at radius 2 is 2.14 bits per heavy atom. The van der Waals surface area contributed by atoms with Gasteiger partial charge in [0.25, 0.3) is 0 Å². The van der Waals surface area contributed by atoms with E-state index in [2.05, 4.69) is 43.4 Å². The van der Waals surface area contributed by atoms with Gasteiger partial charge in [-0.15, -0.1) is 0 Å². The Hall–Kier alpha value is -1.74. The molecule has 21 heavy (non-hydrogen) atoms. The van der Waals surface area contributed by atoms with Crippen molar-refractivity contribution in [3.05, 3.63) is 53.5 Å². The number of ether oxygens (including phenoxy) is 1. The van der Waals surface area contributed by atoms with Crippen molar-refractivity contribution in [2.75, 3.05) is 7.11 Å². The predicted octanol–water partition coefficient (Wildman–Crippen LogP) is 4.26. The number of furan rings is 1. The van der Waals surface area contributed by atoms with Crippen LogP contribution in [-0.4, -0.2) is 7.11 Å². The third-order valence-corrected chi connectivity index (χ3v) is 4.33. The highest BCUT2D eigenvalue weighted by atomic mass is 16.5. The van der Waals surface area contributed by atoms with Crippen molar-refractivity contribution < 1.29 is 9.15 Å². The summed E-state index contributed by atoms with van der Waals surface area (Å²) in [5, 5.41) is 3.50. The van der Waals surface area contributed by atoms with Gasteiger partial charge in [-0.3, -0.25) is 0 Å². The van der Waals surface area contributed by atoms with Crippen molar-refractivity contribution in [2.45, 2.75) is 38.8 Å². The number of hydrogen-bond acceptors (Lipinski definition) is 3. The molecule has 0 aliphatic heterocycles. The highest BCUT2D eigenvalue weighted by Crippen LogP contribution is 2.47. The molecule has 3 heteroatoms. The summed E-state index contributed by atoms with van der Waals surface area (Å²) in [6.07, 6.45) is 1.26. The third-order valence-electron chi connectivity index (χ3n) is 4.33. The third kappa shape index (κ3) is 3.30. The highest BCUT2D eigenvalue weighted by Gasteiger charge is 2.36. The molecule has 1 heterocycles. The Morgan fingerprint density at radius 3 is 2.86 bits per heavy atom. The van der Waals surface area contributed by atoms with E-state index >= 15 is 0 Å². The SMILES string of the molecule is COc1cccc([C@@H](C)NCc2ccc(C3CC3C)o2)c1. The lowest BCUT2D eigenvalue weighted by atomic mass is 10.1. The summed E-state index contributed by atoms with van der Waals surface area (Å²) in [5.74, 6) is 4.48. The molecule has 2 unspecified atom stereocenters. The molecule has 1 fully saturated rings. The first kappa shape index (κ1) is 14.2. The van der Waals surface area contributed by atoms with Gasteiger partial charge in [0, 0.05) is 12.0 Å². The summed E-state index contributed by atoms with van der Waals surface area (Å²) in [6.45, 7) is 5.18. The Balaban J connectivity index is 1.57.